The van der Waals surface area contributed by atoms with Gasteiger partial charge in [-0.25, -0.2) is 0 Å². The average Bonchev–Trinajstić information content (AvgIpc) is 2.61. The SMILES string of the molecule is Cc1ccc2c(O)c(O)cc(-c3cc(O)c(O)c4ccc(C)nc34)c2n1.Cl.Cl. The van der Waals surface area contributed by atoms with E-state index in [1.54, 1.807) is 24.3 Å². The molecule has 4 aromatic rings. The minimum atomic E-state index is -0.300. The van der Waals surface area contributed by atoms with Crippen LogP contribution >= 0.6 is 24.8 Å². The fourth-order valence-electron chi connectivity index (χ4n) is 3.14. The van der Waals surface area contributed by atoms with E-state index in [1.165, 1.54) is 12.1 Å². The maximum absolute atomic E-state index is 10.2. The summed E-state index contributed by atoms with van der Waals surface area (Å²) in [6.07, 6.45) is 0. The molecule has 4 rings (SSSR count). The molecule has 0 saturated heterocycles. The molecular formula is C20H18Cl2N2O4. The Morgan fingerprint density at radius 3 is 1.32 bits per heavy atom. The van der Waals surface area contributed by atoms with Crippen LogP contribution in [0.5, 0.6) is 23.0 Å². The van der Waals surface area contributed by atoms with E-state index in [9.17, 15) is 20.4 Å². The van der Waals surface area contributed by atoms with E-state index in [1.807, 2.05) is 13.8 Å². The minimum absolute atomic E-state index is 0. The highest BCUT2D eigenvalue weighted by atomic mass is 35.5. The Balaban J connectivity index is 0.00000140. The molecule has 0 aliphatic carbocycles. The summed E-state index contributed by atoms with van der Waals surface area (Å²) in [5, 5.41) is 41.5. The van der Waals surface area contributed by atoms with E-state index in [0.29, 0.717) is 32.9 Å². The van der Waals surface area contributed by atoms with Gasteiger partial charge < -0.3 is 20.4 Å². The molecule has 0 atom stereocenters. The lowest BCUT2D eigenvalue weighted by Crippen LogP contribution is -1.93. The van der Waals surface area contributed by atoms with Crippen LogP contribution in [0, 0.1) is 13.8 Å². The molecule has 0 radical (unpaired) electrons. The maximum atomic E-state index is 10.2. The number of pyridine rings is 2. The smallest absolute Gasteiger partial charge is 0.167 e. The lowest BCUT2D eigenvalue weighted by atomic mass is 9.97. The van der Waals surface area contributed by atoms with Crippen molar-refractivity contribution in [2.24, 2.45) is 0 Å². The summed E-state index contributed by atoms with van der Waals surface area (Å²) < 4.78 is 0. The van der Waals surface area contributed by atoms with Gasteiger partial charge in [0.15, 0.2) is 23.0 Å². The molecule has 2 aromatic carbocycles. The van der Waals surface area contributed by atoms with Crippen molar-refractivity contribution in [3.05, 3.63) is 47.8 Å². The number of aromatic nitrogens is 2. The van der Waals surface area contributed by atoms with Crippen LogP contribution in [0.4, 0.5) is 0 Å². The van der Waals surface area contributed by atoms with Crippen LogP contribution in [-0.2, 0) is 0 Å². The molecule has 0 unspecified atom stereocenters. The second kappa shape index (κ2) is 7.58. The van der Waals surface area contributed by atoms with Crippen molar-refractivity contribution in [2.45, 2.75) is 13.8 Å². The fraction of sp³-hybridized carbons (Fsp3) is 0.100. The Kier molecular flexibility index (Phi) is 5.77. The molecule has 6 nitrogen and oxygen atoms in total. The Bertz CT molecular complexity index is 1120. The first-order chi connectivity index (χ1) is 12.4. The summed E-state index contributed by atoms with van der Waals surface area (Å²) in [6.45, 7) is 3.64. The molecule has 2 heterocycles. The Hall–Kier alpha value is -2.96. The van der Waals surface area contributed by atoms with Crippen molar-refractivity contribution in [1.29, 1.82) is 0 Å². The standard InChI is InChI=1S/C20H16N2O4.2ClH/c1-9-3-5-11-17(21-9)13(7-15(23)19(11)25)14-8-16(24)20(26)12-6-4-10(2)22-18(12)14;;/h3-8,23-26H,1-2H3;2*1H. The first kappa shape index (κ1) is 21.3. The van der Waals surface area contributed by atoms with Gasteiger partial charge in [0.05, 0.1) is 11.0 Å². The van der Waals surface area contributed by atoms with Gasteiger partial charge in [-0.1, -0.05) is 0 Å². The number of aryl methyl sites for hydroxylation is 2. The molecule has 0 amide bonds. The first-order valence-electron chi connectivity index (χ1n) is 8.01. The molecule has 146 valence electrons. The number of phenolic OH excluding ortho intramolecular Hbond substituents is 4. The van der Waals surface area contributed by atoms with Crippen LogP contribution in [-0.4, -0.2) is 30.4 Å². The molecule has 2 aromatic heterocycles. The zero-order valence-electron chi connectivity index (χ0n) is 15.0. The van der Waals surface area contributed by atoms with Crippen molar-refractivity contribution in [1.82, 2.24) is 9.97 Å². The van der Waals surface area contributed by atoms with E-state index < -0.39 is 0 Å². The number of fused-ring (bicyclic) bond motifs is 2. The van der Waals surface area contributed by atoms with Gasteiger partial charge in [-0.2, -0.15) is 0 Å². The number of phenols is 4. The predicted octanol–water partition coefficient (Wildman–Crippen LogP) is 4.73. The number of hydrogen-bond acceptors (Lipinski definition) is 6. The van der Waals surface area contributed by atoms with E-state index >= 15 is 0 Å². The Labute approximate surface area is 173 Å². The molecule has 0 bridgehead atoms. The molecule has 0 fully saturated rings. The quantitative estimate of drug-likeness (QED) is 0.331. The van der Waals surface area contributed by atoms with Crippen LogP contribution in [0.1, 0.15) is 11.4 Å². The Morgan fingerprint density at radius 1 is 0.607 bits per heavy atom. The second-order valence-corrected chi connectivity index (χ2v) is 6.28. The molecule has 8 heteroatoms. The number of rotatable bonds is 1. The molecule has 28 heavy (non-hydrogen) atoms. The molecule has 0 spiro atoms. The number of aromatic hydroxyl groups is 4. The number of nitrogens with zero attached hydrogens (tertiary/aromatic N) is 2. The van der Waals surface area contributed by atoms with Crippen molar-refractivity contribution < 1.29 is 20.4 Å². The van der Waals surface area contributed by atoms with Crippen molar-refractivity contribution in [3.63, 3.8) is 0 Å². The van der Waals surface area contributed by atoms with Gasteiger partial charge >= 0.3 is 0 Å². The van der Waals surface area contributed by atoms with Gasteiger partial charge in [0.2, 0.25) is 0 Å². The minimum Gasteiger partial charge on any atom is -0.504 e. The summed E-state index contributed by atoms with van der Waals surface area (Å²) in [5.41, 5.74) is 3.40. The van der Waals surface area contributed by atoms with E-state index in [-0.39, 0.29) is 47.8 Å². The number of benzene rings is 2. The third-order valence-corrected chi connectivity index (χ3v) is 4.43. The van der Waals surface area contributed by atoms with Crippen molar-refractivity contribution >= 4 is 46.6 Å². The van der Waals surface area contributed by atoms with Crippen molar-refractivity contribution in [2.75, 3.05) is 0 Å². The lowest BCUT2D eigenvalue weighted by Gasteiger charge is -2.14. The highest BCUT2D eigenvalue weighted by Crippen LogP contribution is 2.45. The highest BCUT2D eigenvalue weighted by Gasteiger charge is 2.19. The van der Waals surface area contributed by atoms with Gasteiger partial charge in [0, 0.05) is 33.3 Å². The molecule has 4 N–H and O–H groups in total. The summed E-state index contributed by atoms with van der Waals surface area (Å²) in [6, 6.07) is 9.60. The second-order valence-electron chi connectivity index (χ2n) is 6.28. The normalized spacial score (nSPS) is 10.5. The summed E-state index contributed by atoms with van der Waals surface area (Å²) in [4.78, 5) is 8.98. The first-order valence-corrected chi connectivity index (χ1v) is 8.01. The van der Waals surface area contributed by atoms with Crippen LogP contribution in [0.25, 0.3) is 32.9 Å². The third kappa shape index (κ3) is 3.21. The average molecular weight is 421 g/mol. The van der Waals surface area contributed by atoms with Gasteiger partial charge in [-0.05, 0) is 50.2 Å². The highest BCUT2D eigenvalue weighted by molar-refractivity contribution is 6.07. The zero-order chi connectivity index (χ0) is 18.6. The molecule has 0 aliphatic rings. The molecule has 0 aliphatic heterocycles. The van der Waals surface area contributed by atoms with Gasteiger partial charge in [-0.3, -0.25) is 9.97 Å². The van der Waals surface area contributed by atoms with E-state index in [4.69, 9.17) is 0 Å². The number of halogens is 2. The van der Waals surface area contributed by atoms with Gasteiger partial charge in [-0.15, -0.1) is 24.8 Å². The zero-order valence-corrected chi connectivity index (χ0v) is 16.6. The largest absolute Gasteiger partial charge is 0.504 e. The summed E-state index contributed by atoms with van der Waals surface area (Å²) in [7, 11) is 0. The third-order valence-electron chi connectivity index (χ3n) is 4.43. The van der Waals surface area contributed by atoms with Crippen LogP contribution in [0.3, 0.4) is 0 Å². The monoisotopic (exact) mass is 420 g/mol. The maximum Gasteiger partial charge on any atom is 0.167 e. The van der Waals surface area contributed by atoms with E-state index in [2.05, 4.69) is 9.97 Å². The van der Waals surface area contributed by atoms with Gasteiger partial charge in [0.1, 0.15) is 0 Å². The van der Waals surface area contributed by atoms with E-state index in [0.717, 1.165) is 11.4 Å². The number of hydrogen-bond donors (Lipinski definition) is 4. The molecule has 0 saturated carbocycles. The fourth-order valence-corrected chi connectivity index (χ4v) is 3.14. The van der Waals surface area contributed by atoms with Gasteiger partial charge in [0.25, 0.3) is 0 Å². The Morgan fingerprint density at radius 2 is 0.964 bits per heavy atom. The topological polar surface area (TPSA) is 107 Å². The predicted molar refractivity (Wildman–Crippen MR) is 113 cm³/mol. The molecular weight excluding hydrogens is 403 g/mol. The van der Waals surface area contributed by atoms with Crippen molar-refractivity contribution in [3.8, 4) is 34.1 Å². The van der Waals surface area contributed by atoms with Crippen LogP contribution in [0.2, 0.25) is 0 Å². The van der Waals surface area contributed by atoms with Crippen LogP contribution in [0.15, 0.2) is 36.4 Å². The summed E-state index contributed by atoms with van der Waals surface area (Å²) in [5.74, 6) is -1.11. The van der Waals surface area contributed by atoms with Crippen LogP contribution < -0.4 is 0 Å². The summed E-state index contributed by atoms with van der Waals surface area (Å²) >= 11 is 0. The lowest BCUT2D eigenvalue weighted by molar-refractivity contribution is 0.407.